The van der Waals surface area contributed by atoms with Crippen LogP contribution in [0.15, 0.2) is 24.3 Å². The molecule has 2 N–H and O–H groups in total. The Kier molecular flexibility index (Phi) is 7.36. The summed E-state index contributed by atoms with van der Waals surface area (Å²) < 4.78 is 6.06. The molecule has 0 spiro atoms. The molecule has 23 heavy (non-hydrogen) atoms. The van der Waals surface area contributed by atoms with Gasteiger partial charge in [-0.1, -0.05) is 13.3 Å². The molecule has 0 heterocycles. The van der Waals surface area contributed by atoms with E-state index in [1.807, 2.05) is 0 Å². The van der Waals surface area contributed by atoms with E-state index in [-0.39, 0.29) is 24.0 Å². The Morgan fingerprint density at radius 2 is 1.96 bits per heavy atom. The van der Waals surface area contributed by atoms with Crippen LogP contribution in [0, 0.1) is 5.92 Å². The lowest BCUT2D eigenvalue weighted by Crippen LogP contribution is -2.48. The van der Waals surface area contributed by atoms with Crippen molar-refractivity contribution in [2.45, 2.75) is 44.6 Å². The van der Waals surface area contributed by atoms with Gasteiger partial charge in [0.2, 0.25) is 0 Å². The molecule has 1 aliphatic carbocycles. The summed E-state index contributed by atoms with van der Waals surface area (Å²) in [4.78, 5) is 14.7. The lowest BCUT2D eigenvalue weighted by molar-refractivity contribution is -0.0792. The second-order valence-corrected chi connectivity index (χ2v) is 6.63. The Morgan fingerprint density at radius 1 is 1.30 bits per heavy atom. The Bertz CT molecular complexity index is 504. The van der Waals surface area contributed by atoms with E-state index >= 15 is 0 Å². The van der Waals surface area contributed by atoms with Crippen LogP contribution in [0.4, 0.5) is 5.69 Å². The highest BCUT2D eigenvalue weighted by atomic mass is 35.5. The molecule has 0 aliphatic heterocycles. The quantitative estimate of drug-likeness (QED) is 0.655. The van der Waals surface area contributed by atoms with Crippen LogP contribution in [-0.4, -0.2) is 37.1 Å². The third kappa shape index (κ3) is 4.85. The predicted molar refractivity (Wildman–Crippen MR) is 97.1 cm³/mol. The summed E-state index contributed by atoms with van der Waals surface area (Å²) in [5.41, 5.74) is 6.59. The summed E-state index contributed by atoms with van der Waals surface area (Å²) in [5.74, 6) is 0.173. The minimum atomic E-state index is -0.332. The minimum absolute atomic E-state index is 0. The van der Waals surface area contributed by atoms with Gasteiger partial charge in [0, 0.05) is 18.2 Å². The number of esters is 1. The first-order chi connectivity index (χ1) is 10.5. The number of carbonyl (C=O) groups excluding carboxylic acids is 1. The van der Waals surface area contributed by atoms with Crippen molar-refractivity contribution in [3.63, 3.8) is 0 Å². The Morgan fingerprint density at radius 3 is 2.52 bits per heavy atom. The normalized spacial score (nSPS) is 24.1. The van der Waals surface area contributed by atoms with Crippen LogP contribution in [0.3, 0.4) is 0 Å². The van der Waals surface area contributed by atoms with Gasteiger partial charge >= 0.3 is 5.97 Å². The number of nitrogen functional groups attached to an aromatic ring is 1. The molecule has 1 fully saturated rings. The molecule has 5 heteroatoms. The highest BCUT2D eigenvalue weighted by Gasteiger charge is 2.42. The molecule has 0 amide bonds. The molecule has 0 bridgehead atoms. The van der Waals surface area contributed by atoms with Gasteiger partial charge in [0.05, 0.1) is 5.56 Å². The van der Waals surface area contributed by atoms with Crippen molar-refractivity contribution in [1.82, 2.24) is 4.90 Å². The monoisotopic (exact) mass is 340 g/mol. The zero-order valence-electron chi connectivity index (χ0n) is 14.4. The molecule has 4 nitrogen and oxygen atoms in total. The minimum Gasteiger partial charge on any atom is -0.455 e. The van der Waals surface area contributed by atoms with Gasteiger partial charge in [-0.3, -0.25) is 0 Å². The van der Waals surface area contributed by atoms with Crippen molar-refractivity contribution in [3.8, 4) is 0 Å². The second kappa shape index (κ2) is 8.55. The number of halogens is 1. The summed E-state index contributed by atoms with van der Waals surface area (Å²) >= 11 is 0. The van der Waals surface area contributed by atoms with Crippen molar-refractivity contribution >= 4 is 24.1 Å². The van der Waals surface area contributed by atoms with Crippen molar-refractivity contribution in [3.05, 3.63) is 29.8 Å². The van der Waals surface area contributed by atoms with Crippen LogP contribution in [-0.2, 0) is 4.74 Å². The van der Waals surface area contributed by atoms with E-state index < -0.39 is 0 Å². The summed E-state index contributed by atoms with van der Waals surface area (Å²) in [6, 6.07) is 6.97. The van der Waals surface area contributed by atoms with Gasteiger partial charge in [0.15, 0.2) is 0 Å². The van der Waals surface area contributed by atoms with Gasteiger partial charge in [-0.05, 0) is 64.0 Å². The fraction of sp³-hybridized carbons (Fsp3) is 0.611. The summed E-state index contributed by atoms with van der Waals surface area (Å²) in [5, 5.41) is 0. The molecule has 0 saturated heterocycles. The van der Waals surface area contributed by atoms with E-state index in [4.69, 9.17) is 10.5 Å². The number of carbonyl (C=O) groups is 1. The Hall–Kier alpha value is -1.26. The molecular formula is C18H29ClN2O2. The topological polar surface area (TPSA) is 55.6 Å². The molecule has 130 valence electrons. The molecular weight excluding hydrogens is 312 g/mol. The maximum absolute atomic E-state index is 12.5. The number of nitrogens with two attached hydrogens (primary N) is 1. The van der Waals surface area contributed by atoms with Gasteiger partial charge in [0.25, 0.3) is 0 Å². The molecule has 1 saturated carbocycles. The SMILES string of the molecule is CCC1(OC(=O)c2ccc(N)cc2)CCCCC1CN(C)C.Cl. The molecule has 2 atom stereocenters. The van der Waals surface area contributed by atoms with Crippen molar-refractivity contribution in [2.24, 2.45) is 5.92 Å². The van der Waals surface area contributed by atoms with Crippen molar-refractivity contribution < 1.29 is 9.53 Å². The van der Waals surface area contributed by atoms with Crippen molar-refractivity contribution in [2.75, 3.05) is 26.4 Å². The number of benzene rings is 1. The summed E-state index contributed by atoms with van der Waals surface area (Å²) in [7, 11) is 4.16. The van der Waals surface area contributed by atoms with Gasteiger partial charge < -0.3 is 15.4 Å². The van der Waals surface area contributed by atoms with Crippen LogP contribution in [0.1, 0.15) is 49.4 Å². The Balaban J connectivity index is 0.00000264. The third-order valence-electron chi connectivity index (χ3n) is 4.77. The number of nitrogens with zero attached hydrogens (tertiary/aromatic N) is 1. The second-order valence-electron chi connectivity index (χ2n) is 6.63. The van der Waals surface area contributed by atoms with E-state index in [9.17, 15) is 4.79 Å². The maximum atomic E-state index is 12.5. The first kappa shape index (κ1) is 19.8. The van der Waals surface area contributed by atoms with E-state index in [2.05, 4.69) is 25.9 Å². The zero-order valence-corrected chi connectivity index (χ0v) is 15.2. The average molecular weight is 341 g/mol. The average Bonchev–Trinajstić information content (AvgIpc) is 2.49. The molecule has 0 radical (unpaired) electrons. The number of hydrogen-bond donors (Lipinski definition) is 1. The first-order valence-electron chi connectivity index (χ1n) is 8.20. The number of hydrogen-bond acceptors (Lipinski definition) is 4. The lowest BCUT2D eigenvalue weighted by atomic mass is 9.73. The number of ether oxygens (including phenoxy) is 1. The van der Waals surface area contributed by atoms with Gasteiger partial charge in [-0.25, -0.2) is 4.79 Å². The number of rotatable bonds is 5. The van der Waals surface area contributed by atoms with Crippen LogP contribution in [0.2, 0.25) is 0 Å². The molecule has 2 unspecified atom stereocenters. The molecule has 1 aromatic carbocycles. The molecule has 1 aromatic rings. The van der Waals surface area contributed by atoms with Gasteiger partial charge in [0.1, 0.15) is 5.60 Å². The van der Waals surface area contributed by atoms with Crippen molar-refractivity contribution in [1.29, 1.82) is 0 Å². The molecule has 2 rings (SSSR count). The number of anilines is 1. The van der Waals surface area contributed by atoms with Gasteiger partial charge in [-0.2, -0.15) is 0 Å². The van der Waals surface area contributed by atoms with E-state index in [0.29, 0.717) is 17.2 Å². The Labute approximate surface area is 145 Å². The standard InChI is InChI=1S/C18H28N2O2.ClH/c1-4-18(12-6-5-7-15(18)13-20(2)3)22-17(21)14-8-10-16(19)11-9-14;/h8-11,15H,4-7,12-13,19H2,1-3H3;1H. The smallest absolute Gasteiger partial charge is 0.338 e. The van der Waals surface area contributed by atoms with E-state index in [1.54, 1.807) is 24.3 Å². The summed E-state index contributed by atoms with van der Waals surface area (Å²) in [6.07, 6.45) is 5.31. The van der Waals surface area contributed by atoms with Crippen LogP contribution in [0.5, 0.6) is 0 Å². The highest BCUT2D eigenvalue weighted by molar-refractivity contribution is 5.90. The van der Waals surface area contributed by atoms with Crippen LogP contribution < -0.4 is 5.73 Å². The van der Waals surface area contributed by atoms with Crippen LogP contribution >= 0.6 is 12.4 Å². The largest absolute Gasteiger partial charge is 0.455 e. The molecule has 1 aliphatic rings. The first-order valence-corrected chi connectivity index (χ1v) is 8.20. The fourth-order valence-corrected chi connectivity index (χ4v) is 3.52. The van der Waals surface area contributed by atoms with E-state index in [1.165, 1.54) is 6.42 Å². The third-order valence-corrected chi connectivity index (χ3v) is 4.77. The lowest BCUT2D eigenvalue weighted by Gasteiger charge is -2.44. The molecule has 0 aromatic heterocycles. The highest BCUT2D eigenvalue weighted by Crippen LogP contribution is 2.40. The fourth-order valence-electron chi connectivity index (χ4n) is 3.52. The predicted octanol–water partition coefficient (Wildman–Crippen LogP) is 3.75. The summed E-state index contributed by atoms with van der Waals surface area (Å²) in [6.45, 7) is 3.09. The van der Waals surface area contributed by atoms with Gasteiger partial charge in [-0.15, -0.1) is 12.4 Å². The van der Waals surface area contributed by atoms with Crippen LogP contribution in [0.25, 0.3) is 0 Å². The zero-order chi connectivity index (χ0) is 16.2. The maximum Gasteiger partial charge on any atom is 0.338 e. The van der Waals surface area contributed by atoms with E-state index in [0.717, 1.165) is 32.2 Å².